The summed E-state index contributed by atoms with van der Waals surface area (Å²) in [5.74, 6) is -0.499. The molecule has 2 rings (SSSR count). The number of carboxylic acids is 1. The lowest BCUT2D eigenvalue weighted by atomic mass is 10.2. The van der Waals surface area contributed by atoms with E-state index in [4.69, 9.17) is 5.11 Å². The first kappa shape index (κ1) is 12.0. The molecule has 0 saturated carbocycles. The number of carboxylic acid groups (broad SMARTS) is 1. The minimum atomic E-state index is -0.973. The molecule has 2 aromatic heterocycles. The number of nitrogens with zero attached hydrogens (tertiary/aromatic N) is 3. The number of pyridine rings is 1. The summed E-state index contributed by atoms with van der Waals surface area (Å²) in [5, 5.41) is 12.0. The van der Waals surface area contributed by atoms with E-state index in [1.807, 2.05) is 6.92 Å². The van der Waals surface area contributed by atoms with Crippen LogP contribution in [0.5, 0.6) is 0 Å². The van der Waals surface area contributed by atoms with Gasteiger partial charge >= 0.3 is 5.97 Å². The van der Waals surface area contributed by atoms with Crippen LogP contribution in [0.4, 0.5) is 11.5 Å². The predicted octanol–water partition coefficient (Wildman–Crippen LogP) is 1.88. The van der Waals surface area contributed by atoms with Gasteiger partial charge in [-0.1, -0.05) is 6.92 Å². The van der Waals surface area contributed by atoms with Crippen molar-refractivity contribution in [1.82, 2.24) is 15.0 Å². The molecule has 0 radical (unpaired) electrons. The van der Waals surface area contributed by atoms with Crippen molar-refractivity contribution in [1.29, 1.82) is 0 Å². The Kier molecular flexibility index (Phi) is 3.47. The Bertz CT molecular complexity index is 557. The minimum Gasteiger partial charge on any atom is -0.478 e. The number of aryl methyl sites for hydroxylation is 1. The first-order valence-electron chi connectivity index (χ1n) is 5.45. The maximum atomic E-state index is 11.0. The van der Waals surface area contributed by atoms with Crippen molar-refractivity contribution >= 4 is 17.5 Å². The fourth-order valence-electron chi connectivity index (χ4n) is 1.47. The molecule has 0 atom stereocenters. The summed E-state index contributed by atoms with van der Waals surface area (Å²) in [6, 6.07) is 3.05. The number of hydrogen-bond donors (Lipinski definition) is 2. The molecule has 2 N–H and O–H groups in total. The van der Waals surface area contributed by atoms with Gasteiger partial charge < -0.3 is 10.4 Å². The molecule has 6 nitrogen and oxygen atoms in total. The molecule has 6 heteroatoms. The van der Waals surface area contributed by atoms with Crippen molar-refractivity contribution in [3.63, 3.8) is 0 Å². The number of nitrogens with one attached hydrogen (secondary N) is 1. The molecule has 0 aromatic carbocycles. The smallest absolute Gasteiger partial charge is 0.335 e. The van der Waals surface area contributed by atoms with Crippen LogP contribution < -0.4 is 5.32 Å². The van der Waals surface area contributed by atoms with Gasteiger partial charge in [-0.15, -0.1) is 0 Å². The molecule has 0 aliphatic carbocycles. The average molecular weight is 244 g/mol. The van der Waals surface area contributed by atoms with Gasteiger partial charge in [0.2, 0.25) is 0 Å². The molecule has 0 amide bonds. The van der Waals surface area contributed by atoms with Gasteiger partial charge in [-0.2, -0.15) is 0 Å². The average Bonchev–Trinajstić information content (AvgIpc) is 2.39. The summed E-state index contributed by atoms with van der Waals surface area (Å²) in [6.45, 7) is 1.92. The van der Waals surface area contributed by atoms with Gasteiger partial charge in [0.15, 0.2) is 0 Å². The van der Waals surface area contributed by atoms with Gasteiger partial charge in [-0.25, -0.2) is 19.7 Å². The van der Waals surface area contributed by atoms with Crippen LogP contribution in [0.2, 0.25) is 0 Å². The van der Waals surface area contributed by atoms with Crippen molar-refractivity contribution < 1.29 is 9.90 Å². The fraction of sp³-hybridized carbons (Fsp3) is 0.167. The van der Waals surface area contributed by atoms with E-state index in [1.54, 1.807) is 18.5 Å². The maximum absolute atomic E-state index is 11.0. The van der Waals surface area contributed by atoms with Gasteiger partial charge in [-0.05, 0) is 18.6 Å². The lowest BCUT2D eigenvalue weighted by molar-refractivity contribution is 0.0696. The number of anilines is 2. The molecule has 0 unspecified atom stereocenters. The highest BCUT2D eigenvalue weighted by molar-refractivity contribution is 5.88. The number of hydrogen-bond acceptors (Lipinski definition) is 5. The Morgan fingerprint density at radius 2 is 2.06 bits per heavy atom. The maximum Gasteiger partial charge on any atom is 0.335 e. The first-order chi connectivity index (χ1) is 8.69. The SMILES string of the molecule is CCc1cc(C(=O)O)cc(Nc2cncnc2)n1. The van der Waals surface area contributed by atoms with Crippen molar-refractivity contribution in [3.05, 3.63) is 42.1 Å². The Morgan fingerprint density at radius 3 is 2.67 bits per heavy atom. The van der Waals surface area contributed by atoms with Crippen molar-refractivity contribution in [2.45, 2.75) is 13.3 Å². The molecule has 0 aliphatic heterocycles. The molecule has 2 heterocycles. The third-order valence-corrected chi connectivity index (χ3v) is 2.32. The molecule has 0 spiro atoms. The molecule has 92 valence electrons. The third kappa shape index (κ3) is 2.79. The third-order valence-electron chi connectivity index (χ3n) is 2.32. The number of carbonyl (C=O) groups is 1. The van der Waals surface area contributed by atoms with E-state index in [-0.39, 0.29) is 5.56 Å². The zero-order valence-corrected chi connectivity index (χ0v) is 9.79. The summed E-state index contributed by atoms with van der Waals surface area (Å²) in [5.41, 5.74) is 1.59. The van der Waals surface area contributed by atoms with E-state index in [0.29, 0.717) is 23.6 Å². The molecule has 0 saturated heterocycles. The summed E-state index contributed by atoms with van der Waals surface area (Å²) in [7, 11) is 0. The van der Waals surface area contributed by atoms with Crippen LogP contribution in [0, 0.1) is 0 Å². The molecular formula is C12H12N4O2. The second-order valence-electron chi connectivity index (χ2n) is 3.64. The van der Waals surface area contributed by atoms with Gasteiger partial charge in [0.05, 0.1) is 23.6 Å². The monoisotopic (exact) mass is 244 g/mol. The van der Waals surface area contributed by atoms with Crippen LogP contribution in [0.15, 0.2) is 30.9 Å². The molecule has 0 bridgehead atoms. The quantitative estimate of drug-likeness (QED) is 0.853. The number of aromatic carboxylic acids is 1. The van der Waals surface area contributed by atoms with Gasteiger partial charge in [0, 0.05) is 5.69 Å². The Morgan fingerprint density at radius 1 is 1.33 bits per heavy atom. The second kappa shape index (κ2) is 5.22. The van der Waals surface area contributed by atoms with Crippen molar-refractivity contribution in [3.8, 4) is 0 Å². The fourth-order valence-corrected chi connectivity index (χ4v) is 1.47. The summed E-state index contributed by atoms with van der Waals surface area (Å²) in [6.07, 6.45) is 5.27. The van der Waals surface area contributed by atoms with Crippen LogP contribution in [-0.2, 0) is 6.42 Å². The highest BCUT2D eigenvalue weighted by Crippen LogP contribution is 2.15. The summed E-state index contributed by atoms with van der Waals surface area (Å²) >= 11 is 0. The van der Waals surface area contributed by atoms with Gasteiger partial charge in [0.25, 0.3) is 0 Å². The van der Waals surface area contributed by atoms with E-state index in [9.17, 15) is 4.79 Å². The summed E-state index contributed by atoms with van der Waals surface area (Å²) < 4.78 is 0. The van der Waals surface area contributed by atoms with Crippen LogP contribution in [0.25, 0.3) is 0 Å². The van der Waals surface area contributed by atoms with E-state index < -0.39 is 5.97 Å². The molecule has 18 heavy (non-hydrogen) atoms. The van der Waals surface area contributed by atoms with E-state index in [2.05, 4.69) is 20.3 Å². The lowest BCUT2D eigenvalue weighted by Crippen LogP contribution is -2.03. The van der Waals surface area contributed by atoms with Gasteiger partial charge in [-0.3, -0.25) is 0 Å². The van der Waals surface area contributed by atoms with Crippen LogP contribution in [-0.4, -0.2) is 26.0 Å². The van der Waals surface area contributed by atoms with E-state index in [1.165, 1.54) is 12.4 Å². The predicted molar refractivity (Wildman–Crippen MR) is 65.9 cm³/mol. The summed E-state index contributed by atoms with van der Waals surface area (Å²) in [4.78, 5) is 23.0. The van der Waals surface area contributed by atoms with Crippen LogP contribution in [0.3, 0.4) is 0 Å². The Labute approximate surface area is 104 Å². The highest BCUT2D eigenvalue weighted by Gasteiger charge is 2.08. The molecule has 0 fully saturated rings. The molecule has 2 aromatic rings. The Balaban J connectivity index is 2.32. The van der Waals surface area contributed by atoms with E-state index in [0.717, 1.165) is 0 Å². The molecular weight excluding hydrogens is 232 g/mol. The van der Waals surface area contributed by atoms with Crippen LogP contribution in [0.1, 0.15) is 23.0 Å². The number of rotatable bonds is 4. The largest absolute Gasteiger partial charge is 0.478 e. The van der Waals surface area contributed by atoms with Crippen molar-refractivity contribution in [2.75, 3.05) is 5.32 Å². The lowest BCUT2D eigenvalue weighted by Gasteiger charge is -2.07. The highest BCUT2D eigenvalue weighted by atomic mass is 16.4. The second-order valence-corrected chi connectivity index (χ2v) is 3.64. The topological polar surface area (TPSA) is 88.0 Å². The van der Waals surface area contributed by atoms with E-state index >= 15 is 0 Å². The molecule has 0 aliphatic rings. The normalized spacial score (nSPS) is 10.1. The first-order valence-corrected chi connectivity index (χ1v) is 5.45. The zero-order chi connectivity index (χ0) is 13.0. The standard InChI is InChI=1S/C12H12N4O2/c1-2-9-3-8(12(17)18)4-11(15-9)16-10-5-13-7-14-6-10/h3-7H,2H2,1H3,(H,15,16)(H,17,18). The van der Waals surface area contributed by atoms with Crippen molar-refractivity contribution in [2.24, 2.45) is 0 Å². The van der Waals surface area contributed by atoms with Gasteiger partial charge in [0.1, 0.15) is 12.1 Å². The minimum absolute atomic E-state index is 0.209. The van der Waals surface area contributed by atoms with Crippen LogP contribution >= 0.6 is 0 Å². The number of aromatic nitrogens is 3. The zero-order valence-electron chi connectivity index (χ0n) is 9.79. The Hall–Kier alpha value is -2.50.